The topological polar surface area (TPSA) is 76.7 Å². The van der Waals surface area contributed by atoms with Crippen LogP contribution < -0.4 is 20.1 Å². The van der Waals surface area contributed by atoms with Crippen molar-refractivity contribution in [3.05, 3.63) is 53.6 Å². The summed E-state index contributed by atoms with van der Waals surface area (Å²) in [6, 6.07) is 12.4. The van der Waals surface area contributed by atoms with Crippen molar-refractivity contribution >= 4 is 17.5 Å². The Hall–Kier alpha value is -3.02. The minimum absolute atomic E-state index is 0.110. The number of fused-ring (bicyclic) bond motifs is 1. The average Bonchev–Trinajstić information content (AvgIpc) is 2.59. The fourth-order valence-corrected chi connectivity index (χ4v) is 2.38. The van der Waals surface area contributed by atoms with Crippen LogP contribution >= 0.6 is 0 Å². The Balaban J connectivity index is 1.55. The van der Waals surface area contributed by atoms with Crippen LogP contribution in [-0.4, -0.2) is 31.6 Å². The Morgan fingerprint density at radius 3 is 2.62 bits per heavy atom. The number of benzene rings is 2. The van der Waals surface area contributed by atoms with Gasteiger partial charge in [0.2, 0.25) is 5.91 Å². The van der Waals surface area contributed by atoms with Crippen LogP contribution in [0.4, 0.5) is 5.69 Å². The van der Waals surface area contributed by atoms with Crippen LogP contribution in [0.15, 0.2) is 42.5 Å². The van der Waals surface area contributed by atoms with Gasteiger partial charge in [-0.25, -0.2) is 0 Å². The third-order valence-corrected chi connectivity index (χ3v) is 3.52. The zero-order chi connectivity index (χ0) is 16.9. The van der Waals surface area contributed by atoms with Gasteiger partial charge >= 0.3 is 0 Å². The van der Waals surface area contributed by atoms with Crippen LogP contribution in [0.5, 0.6) is 11.5 Å². The molecule has 0 saturated carbocycles. The normalized spacial score (nSPS) is 12.4. The van der Waals surface area contributed by atoms with E-state index in [9.17, 15) is 9.59 Å². The molecular weight excluding hydrogens is 308 g/mol. The molecule has 1 aliphatic heterocycles. The molecule has 0 bridgehead atoms. The van der Waals surface area contributed by atoms with Crippen LogP contribution in [0.25, 0.3) is 0 Å². The summed E-state index contributed by atoms with van der Waals surface area (Å²) >= 11 is 0. The van der Waals surface area contributed by atoms with Gasteiger partial charge in [-0.3, -0.25) is 9.59 Å². The predicted octanol–water partition coefficient (Wildman–Crippen LogP) is 2.13. The van der Waals surface area contributed by atoms with Crippen molar-refractivity contribution in [3.8, 4) is 11.5 Å². The van der Waals surface area contributed by atoms with E-state index >= 15 is 0 Å². The number of aryl methyl sites for hydroxylation is 1. The van der Waals surface area contributed by atoms with Crippen LogP contribution in [0.1, 0.15) is 15.9 Å². The SMILES string of the molecule is Cc1cccc(C(=O)NCC(=O)Nc2ccc3c(c2)OCCO3)c1. The molecule has 0 fully saturated rings. The zero-order valence-corrected chi connectivity index (χ0v) is 13.3. The van der Waals surface area contributed by atoms with Crippen molar-refractivity contribution < 1.29 is 19.1 Å². The highest BCUT2D eigenvalue weighted by atomic mass is 16.6. The Morgan fingerprint density at radius 1 is 1.04 bits per heavy atom. The lowest BCUT2D eigenvalue weighted by Gasteiger charge is -2.19. The molecule has 0 aliphatic carbocycles. The van der Waals surface area contributed by atoms with Crippen molar-refractivity contribution in [2.45, 2.75) is 6.92 Å². The number of nitrogens with one attached hydrogen (secondary N) is 2. The second-order valence-electron chi connectivity index (χ2n) is 5.46. The largest absolute Gasteiger partial charge is 0.486 e. The lowest BCUT2D eigenvalue weighted by molar-refractivity contribution is -0.115. The lowest BCUT2D eigenvalue weighted by atomic mass is 10.1. The minimum Gasteiger partial charge on any atom is -0.486 e. The second kappa shape index (κ2) is 7.04. The van der Waals surface area contributed by atoms with Crippen LogP contribution in [-0.2, 0) is 4.79 Å². The molecule has 1 heterocycles. The highest BCUT2D eigenvalue weighted by Gasteiger charge is 2.13. The quantitative estimate of drug-likeness (QED) is 0.902. The third-order valence-electron chi connectivity index (χ3n) is 3.52. The molecule has 2 aromatic rings. The number of ether oxygens (including phenoxy) is 2. The smallest absolute Gasteiger partial charge is 0.251 e. The van der Waals surface area contributed by atoms with Gasteiger partial charge in [0, 0.05) is 17.3 Å². The van der Waals surface area contributed by atoms with Crippen molar-refractivity contribution in [2.24, 2.45) is 0 Å². The highest BCUT2D eigenvalue weighted by Crippen LogP contribution is 2.32. The summed E-state index contributed by atoms with van der Waals surface area (Å²) in [6.07, 6.45) is 0. The molecule has 0 aromatic heterocycles. The molecule has 6 nitrogen and oxygen atoms in total. The average molecular weight is 326 g/mol. The van der Waals surface area contributed by atoms with E-state index in [1.54, 1.807) is 36.4 Å². The lowest BCUT2D eigenvalue weighted by Crippen LogP contribution is -2.32. The molecular formula is C18H18N2O4. The second-order valence-corrected chi connectivity index (χ2v) is 5.46. The number of carbonyl (C=O) groups excluding carboxylic acids is 2. The Bertz CT molecular complexity index is 773. The molecule has 0 atom stereocenters. The Kier molecular flexibility index (Phi) is 4.65. The zero-order valence-electron chi connectivity index (χ0n) is 13.3. The van der Waals surface area contributed by atoms with E-state index in [1.807, 2.05) is 13.0 Å². The van der Waals surface area contributed by atoms with Crippen molar-refractivity contribution in [1.29, 1.82) is 0 Å². The van der Waals surface area contributed by atoms with Crippen molar-refractivity contribution in [1.82, 2.24) is 5.32 Å². The number of anilines is 1. The van der Waals surface area contributed by atoms with Gasteiger partial charge in [0.15, 0.2) is 11.5 Å². The number of rotatable bonds is 4. The molecule has 0 saturated heterocycles. The maximum atomic E-state index is 12.0. The molecule has 1 aliphatic rings. The van der Waals surface area contributed by atoms with Crippen LogP contribution in [0.2, 0.25) is 0 Å². The standard InChI is InChI=1S/C18H18N2O4/c1-12-3-2-4-13(9-12)18(22)19-11-17(21)20-14-5-6-15-16(10-14)24-8-7-23-15/h2-6,9-10H,7-8,11H2,1H3,(H,19,22)(H,20,21). The van der Waals surface area contributed by atoms with Gasteiger partial charge in [0.05, 0.1) is 6.54 Å². The summed E-state index contributed by atoms with van der Waals surface area (Å²) in [5, 5.41) is 5.32. The molecule has 2 N–H and O–H groups in total. The minimum atomic E-state index is -0.312. The van der Waals surface area contributed by atoms with E-state index in [4.69, 9.17) is 9.47 Å². The van der Waals surface area contributed by atoms with Crippen LogP contribution in [0, 0.1) is 6.92 Å². The van der Waals surface area contributed by atoms with E-state index in [0.29, 0.717) is 36.0 Å². The van der Waals surface area contributed by atoms with Gasteiger partial charge < -0.3 is 20.1 Å². The molecule has 3 rings (SSSR count). The first-order chi connectivity index (χ1) is 11.6. The van der Waals surface area contributed by atoms with Gasteiger partial charge in [-0.05, 0) is 31.2 Å². The number of hydrogen-bond donors (Lipinski definition) is 2. The van der Waals surface area contributed by atoms with Gasteiger partial charge in [-0.1, -0.05) is 17.7 Å². The van der Waals surface area contributed by atoms with Crippen LogP contribution in [0.3, 0.4) is 0 Å². The first kappa shape index (κ1) is 15.9. The van der Waals surface area contributed by atoms with E-state index in [-0.39, 0.29) is 18.4 Å². The summed E-state index contributed by atoms with van der Waals surface area (Å²) in [5.74, 6) is 0.665. The number of carbonyl (C=O) groups is 2. The molecule has 124 valence electrons. The Labute approximate surface area is 139 Å². The van der Waals surface area contributed by atoms with Gasteiger partial charge in [-0.2, -0.15) is 0 Å². The number of amides is 2. The first-order valence-corrected chi connectivity index (χ1v) is 7.66. The molecule has 24 heavy (non-hydrogen) atoms. The van der Waals surface area contributed by atoms with E-state index < -0.39 is 0 Å². The van der Waals surface area contributed by atoms with E-state index in [1.165, 1.54) is 0 Å². The van der Waals surface area contributed by atoms with Crippen molar-refractivity contribution in [2.75, 3.05) is 25.1 Å². The monoisotopic (exact) mass is 326 g/mol. The molecule has 2 amide bonds. The molecule has 0 unspecified atom stereocenters. The predicted molar refractivity (Wildman–Crippen MR) is 89.6 cm³/mol. The maximum absolute atomic E-state index is 12.0. The summed E-state index contributed by atoms with van der Waals surface area (Å²) in [5.41, 5.74) is 2.11. The molecule has 6 heteroatoms. The van der Waals surface area contributed by atoms with Gasteiger partial charge in [-0.15, -0.1) is 0 Å². The van der Waals surface area contributed by atoms with Crippen molar-refractivity contribution in [3.63, 3.8) is 0 Å². The summed E-state index contributed by atoms with van der Waals surface area (Å²) in [4.78, 5) is 24.0. The summed E-state index contributed by atoms with van der Waals surface area (Å²) in [7, 11) is 0. The van der Waals surface area contributed by atoms with Gasteiger partial charge in [0.25, 0.3) is 5.91 Å². The number of hydrogen-bond acceptors (Lipinski definition) is 4. The van der Waals surface area contributed by atoms with E-state index in [2.05, 4.69) is 10.6 Å². The Morgan fingerprint density at radius 2 is 1.83 bits per heavy atom. The van der Waals surface area contributed by atoms with E-state index in [0.717, 1.165) is 5.56 Å². The molecule has 0 spiro atoms. The highest BCUT2D eigenvalue weighted by molar-refractivity contribution is 5.99. The molecule has 0 radical (unpaired) electrons. The maximum Gasteiger partial charge on any atom is 0.251 e. The van der Waals surface area contributed by atoms with Gasteiger partial charge in [0.1, 0.15) is 13.2 Å². The summed E-state index contributed by atoms with van der Waals surface area (Å²) < 4.78 is 10.9. The summed E-state index contributed by atoms with van der Waals surface area (Å²) in [6.45, 7) is 2.80. The molecule has 2 aromatic carbocycles. The third kappa shape index (κ3) is 3.84. The fourth-order valence-electron chi connectivity index (χ4n) is 2.38. The first-order valence-electron chi connectivity index (χ1n) is 7.66. The fraction of sp³-hybridized carbons (Fsp3) is 0.222.